The number of sulfonamides is 1. The van der Waals surface area contributed by atoms with E-state index < -0.39 is 21.6 Å². The van der Waals surface area contributed by atoms with Crippen LogP contribution in [-0.2, 0) is 14.8 Å². The topological polar surface area (TPSA) is 92.7 Å². The summed E-state index contributed by atoms with van der Waals surface area (Å²) in [5.74, 6) is -1.14. The van der Waals surface area contributed by atoms with Crippen molar-refractivity contribution in [2.24, 2.45) is 0 Å². The second-order valence-electron chi connectivity index (χ2n) is 4.44. The van der Waals surface area contributed by atoms with Gasteiger partial charge in [-0.1, -0.05) is 0 Å². The van der Waals surface area contributed by atoms with Crippen LogP contribution in [0, 0.1) is 0 Å². The number of carbonyl (C=O) groups is 1. The van der Waals surface area contributed by atoms with Crippen LogP contribution >= 0.6 is 11.3 Å². The lowest BCUT2D eigenvalue weighted by Gasteiger charge is -2.24. The molecule has 0 unspecified atom stereocenters. The maximum atomic E-state index is 12.0. The Morgan fingerprint density at radius 1 is 1.47 bits per heavy atom. The predicted molar refractivity (Wildman–Crippen MR) is 72.2 cm³/mol. The summed E-state index contributed by atoms with van der Waals surface area (Å²) in [6, 6.07) is 2.55. The quantitative estimate of drug-likeness (QED) is 0.797. The summed E-state index contributed by atoms with van der Waals surface area (Å²) >= 11 is 0.721. The molecule has 0 fully saturated rings. The zero-order valence-electron chi connectivity index (χ0n) is 11.0. The lowest BCUT2D eigenvalue weighted by molar-refractivity contribution is -0.00514. The molecule has 6 nitrogen and oxygen atoms in total. The van der Waals surface area contributed by atoms with Gasteiger partial charge in [-0.25, -0.2) is 17.9 Å². The summed E-state index contributed by atoms with van der Waals surface area (Å²) in [6.07, 6.45) is 0. The minimum Gasteiger partial charge on any atom is -0.477 e. The van der Waals surface area contributed by atoms with Gasteiger partial charge in [0.05, 0.1) is 5.60 Å². The van der Waals surface area contributed by atoms with Gasteiger partial charge in [0.15, 0.2) is 0 Å². The zero-order valence-corrected chi connectivity index (χ0v) is 12.6. The molecule has 0 aliphatic heterocycles. The van der Waals surface area contributed by atoms with Crippen molar-refractivity contribution in [1.82, 2.24) is 4.72 Å². The molecule has 0 saturated carbocycles. The van der Waals surface area contributed by atoms with Gasteiger partial charge < -0.3 is 9.84 Å². The molecule has 0 bridgehead atoms. The largest absolute Gasteiger partial charge is 0.477 e. The van der Waals surface area contributed by atoms with Crippen molar-refractivity contribution in [2.45, 2.75) is 30.6 Å². The molecule has 1 aromatic rings. The van der Waals surface area contributed by atoms with Crippen LogP contribution in [0.25, 0.3) is 0 Å². The summed E-state index contributed by atoms with van der Waals surface area (Å²) in [6.45, 7) is 5.97. The molecule has 0 atom stereocenters. The number of hydrogen-bond acceptors (Lipinski definition) is 5. The Balaban J connectivity index is 2.78. The molecule has 1 rings (SSSR count). The molecule has 108 valence electrons. The number of aromatic carboxylic acids is 1. The molecular weight excluding hydrogens is 290 g/mol. The predicted octanol–water partition coefficient (Wildman–Crippen LogP) is 1.54. The molecule has 0 radical (unpaired) electrons. The summed E-state index contributed by atoms with van der Waals surface area (Å²) in [5.41, 5.74) is -0.616. The standard InChI is InChI=1S/C11H17NO5S2/c1-4-17-11(2,3)7-12-19(15,16)9-6-5-8(18-9)10(13)14/h5-6,12H,4,7H2,1-3H3,(H,13,14). The minimum absolute atomic E-state index is 0.00977. The number of nitrogens with one attached hydrogen (secondary N) is 1. The van der Waals surface area contributed by atoms with Gasteiger partial charge in [0, 0.05) is 13.2 Å². The van der Waals surface area contributed by atoms with Crippen LogP contribution < -0.4 is 4.72 Å². The van der Waals surface area contributed by atoms with Crippen molar-refractivity contribution in [3.63, 3.8) is 0 Å². The van der Waals surface area contributed by atoms with Crippen molar-refractivity contribution >= 4 is 27.3 Å². The van der Waals surface area contributed by atoms with E-state index in [1.54, 1.807) is 13.8 Å². The zero-order chi connectivity index (χ0) is 14.7. The van der Waals surface area contributed by atoms with Crippen LogP contribution in [0.3, 0.4) is 0 Å². The van der Waals surface area contributed by atoms with E-state index in [4.69, 9.17) is 9.84 Å². The summed E-state index contributed by atoms with van der Waals surface area (Å²) in [5, 5.41) is 8.77. The first-order valence-corrected chi connectivity index (χ1v) is 7.94. The van der Waals surface area contributed by atoms with Gasteiger partial charge >= 0.3 is 5.97 Å². The van der Waals surface area contributed by atoms with E-state index in [1.165, 1.54) is 12.1 Å². The molecule has 0 aromatic carbocycles. The highest BCUT2D eigenvalue weighted by Crippen LogP contribution is 2.21. The first-order valence-electron chi connectivity index (χ1n) is 5.65. The number of carboxylic acid groups (broad SMARTS) is 1. The normalized spacial score (nSPS) is 12.6. The molecule has 1 heterocycles. The number of carboxylic acids is 1. The van der Waals surface area contributed by atoms with Gasteiger partial charge in [-0.2, -0.15) is 0 Å². The second-order valence-corrected chi connectivity index (χ2v) is 7.52. The van der Waals surface area contributed by atoms with Gasteiger partial charge in [0.1, 0.15) is 9.09 Å². The van der Waals surface area contributed by atoms with E-state index in [-0.39, 0.29) is 15.6 Å². The Morgan fingerprint density at radius 2 is 2.11 bits per heavy atom. The number of thiophene rings is 1. The van der Waals surface area contributed by atoms with Gasteiger partial charge in [0.25, 0.3) is 0 Å². The van der Waals surface area contributed by atoms with Gasteiger partial charge in [-0.05, 0) is 32.9 Å². The van der Waals surface area contributed by atoms with Crippen LogP contribution in [0.1, 0.15) is 30.4 Å². The average Bonchev–Trinajstić information content (AvgIpc) is 2.77. The first-order chi connectivity index (χ1) is 8.68. The molecule has 0 amide bonds. The van der Waals surface area contributed by atoms with Crippen LogP contribution in [0.15, 0.2) is 16.3 Å². The molecule has 0 aliphatic rings. The smallest absolute Gasteiger partial charge is 0.345 e. The molecule has 8 heteroatoms. The van der Waals surface area contributed by atoms with Crippen molar-refractivity contribution in [2.75, 3.05) is 13.2 Å². The number of hydrogen-bond donors (Lipinski definition) is 2. The van der Waals surface area contributed by atoms with Crippen molar-refractivity contribution < 1.29 is 23.1 Å². The molecular formula is C11H17NO5S2. The molecule has 2 N–H and O–H groups in total. The molecule has 0 aliphatic carbocycles. The highest BCUT2D eigenvalue weighted by Gasteiger charge is 2.24. The van der Waals surface area contributed by atoms with Crippen molar-refractivity contribution in [3.05, 3.63) is 17.0 Å². The Labute approximate surface area is 116 Å². The Hall–Kier alpha value is -0.960. The van der Waals surface area contributed by atoms with Gasteiger partial charge in [-0.15, -0.1) is 11.3 Å². The maximum Gasteiger partial charge on any atom is 0.345 e. The fraction of sp³-hybridized carbons (Fsp3) is 0.545. The Bertz CT molecular complexity index is 547. The Morgan fingerprint density at radius 3 is 2.58 bits per heavy atom. The third-order valence-electron chi connectivity index (χ3n) is 2.28. The fourth-order valence-corrected chi connectivity index (χ4v) is 3.75. The van der Waals surface area contributed by atoms with Crippen LogP contribution in [0.4, 0.5) is 0 Å². The summed E-state index contributed by atoms with van der Waals surface area (Å²) in [7, 11) is -3.70. The fourth-order valence-electron chi connectivity index (χ4n) is 1.36. The molecule has 0 spiro atoms. The summed E-state index contributed by atoms with van der Waals surface area (Å²) in [4.78, 5) is 10.7. The lowest BCUT2D eigenvalue weighted by Crippen LogP contribution is -2.40. The van der Waals surface area contributed by atoms with Gasteiger partial charge in [-0.3, -0.25) is 0 Å². The first kappa shape index (κ1) is 16.1. The van der Waals surface area contributed by atoms with E-state index in [2.05, 4.69) is 4.72 Å². The SMILES string of the molecule is CCOC(C)(C)CNS(=O)(=O)c1ccc(C(=O)O)s1. The van der Waals surface area contributed by atoms with E-state index in [0.29, 0.717) is 6.61 Å². The van der Waals surface area contributed by atoms with Crippen LogP contribution in [0.5, 0.6) is 0 Å². The average molecular weight is 307 g/mol. The van der Waals surface area contributed by atoms with E-state index in [1.807, 2.05) is 6.92 Å². The summed E-state index contributed by atoms with van der Waals surface area (Å²) < 4.78 is 31.7. The maximum absolute atomic E-state index is 12.0. The monoisotopic (exact) mass is 307 g/mol. The third kappa shape index (κ3) is 4.57. The number of rotatable bonds is 7. The van der Waals surface area contributed by atoms with E-state index in [0.717, 1.165) is 11.3 Å². The van der Waals surface area contributed by atoms with Crippen LogP contribution in [0.2, 0.25) is 0 Å². The second kappa shape index (κ2) is 6.00. The minimum atomic E-state index is -3.70. The van der Waals surface area contributed by atoms with Crippen molar-refractivity contribution in [1.29, 1.82) is 0 Å². The molecule has 19 heavy (non-hydrogen) atoms. The van der Waals surface area contributed by atoms with E-state index >= 15 is 0 Å². The third-order valence-corrected chi connectivity index (χ3v) is 5.25. The van der Waals surface area contributed by atoms with Gasteiger partial charge in [0.2, 0.25) is 10.0 Å². The number of ether oxygens (including phenoxy) is 1. The molecule has 0 saturated heterocycles. The van der Waals surface area contributed by atoms with Crippen molar-refractivity contribution in [3.8, 4) is 0 Å². The highest BCUT2D eigenvalue weighted by atomic mass is 32.2. The Kier molecular flexibility index (Phi) is 5.08. The lowest BCUT2D eigenvalue weighted by atomic mass is 10.1. The van der Waals surface area contributed by atoms with E-state index in [9.17, 15) is 13.2 Å². The van der Waals surface area contributed by atoms with Crippen LogP contribution in [-0.4, -0.2) is 38.2 Å². The highest BCUT2D eigenvalue weighted by molar-refractivity contribution is 7.91. The molecule has 1 aromatic heterocycles.